The Morgan fingerprint density at radius 1 is 0.970 bits per heavy atom. The molecule has 7 heteroatoms. The first kappa shape index (κ1) is 20.4. The molecule has 0 aliphatic carbocycles. The van der Waals surface area contributed by atoms with Crippen LogP contribution in [0.3, 0.4) is 0 Å². The van der Waals surface area contributed by atoms with Crippen molar-refractivity contribution >= 4 is 22.5 Å². The summed E-state index contributed by atoms with van der Waals surface area (Å²) < 4.78 is 7.75. The van der Waals surface area contributed by atoms with Crippen LogP contribution < -0.4 is 0 Å². The fourth-order valence-corrected chi connectivity index (χ4v) is 3.87. The van der Waals surface area contributed by atoms with Crippen LogP contribution in [0.15, 0.2) is 89.3 Å². The Balaban J connectivity index is 1.65. The first-order valence-corrected chi connectivity index (χ1v) is 10.4. The number of fused-ring (bicyclic) bond motifs is 1. The maximum atomic E-state index is 13.0. The Morgan fingerprint density at radius 2 is 1.79 bits per heavy atom. The van der Waals surface area contributed by atoms with Crippen LogP contribution in [0.1, 0.15) is 27.2 Å². The topological polar surface area (TPSA) is 91.2 Å². The SMILES string of the molecule is Cc1ccc(-c2nc3ccc(C(=O)c4ccccc4)cc3n2Cc2cccc([N+](=O)[O-])c2)o1. The highest BCUT2D eigenvalue weighted by Crippen LogP contribution is 2.29. The van der Waals surface area contributed by atoms with E-state index < -0.39 is 4.92 Å². The van der Waals surface area contributed by atoms with E-state index in [4.69, 9.17) is 9.40 Å². The van der Waals surface area contributed by atoms with Crippen LogP contribution in [0.4, 0.5) is 5.69 Å². The lowest BCUT2D eigenvalue weighted by Gasteiger charge is -2.09. The molecule has 0 aliphatic rings. The van der Waals surface area contributed by atoms with E-state index in [0.29, 0.717) is 34.8 Å². The molecule has 7 nitrogen and oxygen atoms in total. The molecule has 162 valence electrons. The number of aromatic nitrogens is 2. The maximum absolute atomic E-state index is 13.0. The van der Waals surface area contributed by atoms with Crippen molar-refractivity contribution in [1.82, 2.24) is 9.55 Å². The Hall–Kier alpha value is -4.52. The van der Waals surface area contributed by atoms with Gasteiger partial charge in [-0.3, -0.25) is 14.9 Å². The lowest BCUT2D eigenvalue weighted by atomic mass is 10.0. The molecule has 5 aromatic rings. The van der Waals surface area contributed by atoms with Gasteiger partial charge in [-0.05, 0) is 42.8 Å². The van der Waals surface area contributed by atoms with Gasteiger partial charge in [-0.25, -0.2) is 4.98 Å². The molecule has 0 N–H and O–H groups in total. The summed E-state index contributed by atoms with van der Waals surface area (Å²) in [4.78, 5) is 28.6. The number of nitro benzene ring substituents is 1. The number of carbonyl (C=O) groups is 1. The number of hydrogen-bond donors (Lipinski definition) is 0. The number of non-ortho nitro benzene ring substituents is 1. The van der Waals surface area contributed by atoms with E-state index in [0.717, 1.165) is 16.8 Å². The lowest BCUT2D eigenvalue weighted by Crippen LogP contribution is -2.04. The Bertz CT molecular complexity index is 1500. The van der Waals surface area contributed by atoms with Gasteiger partial charge in [0.25, 0.3) is 5.69 Å². The second-order valence-electron chi connectivity index (χ2n) is 7.76. The van der Waals surface area contributed by atoms with E-state index in [1.807, 2.05) is 60.0 Å². The predicted octanol–water partition coefficient (Wildman–Crippen LogP) is 5.79. The van der Waals surface area contributed by atoms with Crippen molar-refractivity contribution in [3.05, 3.63) is 117 Å². The first-order valence-electron chi connectivity index (χ1n) is 10.4. The molecule has 0 saturated carbocycles. The van der Waals surface area contributed by atoms with Gasteiger partial charge in [0.05, 0.1) is 22.5 Å². The van der Waals surface area contributed by atoms with Gasteiger partial charge >= 0.3 is 0 Å². The molecular formula is C26H19N3O4. The molecule has 0 fully saturated rings. The molecule has 0 aliphatic heterocycles. The number of benzene rings is 3. The van der Waals surface area contributed by atoms with E-state index in [1.54, 1.807) is 30.3 Å². The van der Waals surface area contributed by atoms with E-state index in [1.165, 1.54) is 6.07 Å². The second kappa shape index (κ2) is 8.20. The van der Waals surface area contributed by atoms with Gasteiger partial charge in [-0.1, -0.05) is 42.5 Å². The zero-order chi connectivity index (χ0) is 22.9. The molecule has 0 radical (unpaired) electrons. The van der Waals surface area contributed by atoms with Crippen LogP contribution in [0.25, 0.3) is 22.6 Å². The average molecular weight is 437 g/mol. The van der Waals surface area contributed by atoms with Crippen LogP contribution in [-0.2, 0) is 6.54 Å². The lowest BCUT2D eigenvalue weighted by molar-refractivity contribution is -0.384. The molecule has 0 saturated heterocycles. The maximum Gasteiger partial charge on any atom is 0.269 e. The van der Waals surface area contributed by atoms with Crippen LogP contribution in [0, 0.1) is 17.0 Å². The van der Waals surface area contributed by atoms with E-state index in [-0.39, 0.29) is 11.5 Å². The molecule has 0 bridgehead atoms. The highest BCUT2D eigenvalue weighted by molar-refractivity contribution is 6.10. The van der Waals surface area contributed by atoms with Gasteiger partial charge < -0.3 is 8.98 Å². The minimum Gasteiger partial charge on any atom is -0.458 e. The molecule has 2 heterocycles. The molecule has 5 rings (SSSR count). The fourth-order valence-electron chi connectivity index (χ4n) is 3.87. The predicted molar refractivity (Wildman–Crippen MR) is 124 cm³/mol. The van der Waals surface area contributed by atoms with Gasteiger partial charge in [0.15, 0.2) is 17.4 Å². The van der Waals surface area contributed by atoms with Crippen molar-refractivity contribution in [1.29, 1.82) is 0 Å². The zero-order valence-electron chi connectivity index (χ0n) is 17.8. The van der Waals surface area contributed by atoms with Gasteiger partial charge in [0.2, 0.25) is 0 Å². The number of nitro groups is 1. The normalized spacial score (nSPS) is 11.1. The van der Waals surface area contributed by atoms with Crippen molar-refractivity contribution in [3.63, 3.8) is 0 Å². The standard InChI is InChI=1S/C26H19N3O4/c1-17-10-13-24(33-17)26-27-22-12-11-20(25(30)19-7-3-2-4-8-19)15-23(22)28(26)16-18-6-5-9-21(14-18)29(31)32/h2-15H,16H2,1H3. The fraction of sp³-hybridized carbons (Fsp3) is 0.0769. The molecular weight excluding hydrogens is 418 g/mol. The van der Waals surface area contributed by atoms with Crippen LogP contribution >= 0.6 is 0 Å². The van der Waals surface area contributed by atoms with Crippen LogP contribution in [0.2, 0.25) is 0 Å². The number of imidazole rings is 1. The second-order valence-corrected chi connectivity index (χ2v) is 7.76. The molecule has 0 unspecified atom stereocenters. The molecule has 3 aromatic carbocycles. The highest BCUT2D eigenvalue weighted by Gasteiger charge is 2.19. The summed E-state index contributed by atoms with van der Waals surface area (Å²) in [7, 11) is 0. The molecule has 0 atom stereocenters. The third kappa shape index (κ3) is 3.92. The minimum atomic E-state index is -0.414. The average Bonchev–Trinajstić information content (AvgIpc) is 3.42. The van der Waals surface area contributed by atoms with E-state index in [2.05, 4.69) is 0 Å². The minimum absolute atomic E-state index is 0.0206. The largest absolute Gasteiger partial charge is 0.458 e. The monoisotopic (exact) mass is 437 g/mol. The zero-order valence-corrected chi connectivity index (χ0v) is 17.8. The van der Waals surface area contributed by atoms with Crippen molar-refractivity contribution in [2.24, 2.45) is 0 Å². The third-order valence-electron chi connectivity index (χ3n) is 5.47. The summed E-state index contributed by atoms with van der Waals surface area (Å²) in [6.07, 6.45) is 0. The Labute approximate surface area is 189 Å². The summed E-state index contributed by atoms with van der Waals surface area (Å²) in [5.74, 6) is 1.84. The van der Waals surface area contributed by atoms with Gasteiger partial charge in [-0.2, -0.15) is 0 Å². The van der Waals surface area contributed by atoms with Crippen molar-refractivity contribution < 1.29 is 14.1 Å². The Morgan fingerprint density at radius 3 is 2.52 bits per heavy atom. The van der Waals surface area contributed by atoms with Crippen molar-refractivity contribution in [3.8, 4) is 11.6 Å². The van der Waals surface area contributed by atoms with Crippen LogP contribution in [0.5, 0.6) is 0 Å². The number of ketones is 1. The number of nitrogens with zero attached hydrogens (tertiary/aromatic N) is 3. The smallest absolute Gasteiger partial charge is 0.269 e. The molecule has 33 heavy (non-hydrogen) atoms. The number of aryl methyl sites for hydroxylation is 1. The summed E-state index contributed by atoms with van der Waals surface area (Å²) in [5, 5.41) is 11.2. The molecule has 0 spiro atoms. The quantitative estimate of drug-likeness (QED) is 0.190. The highest BCUT2D eigenvalue weighted by atomic mass is 16.6. The van der Waals surface area contributed by atoms with Gasteiger partial charge in [0, 0.05) is 23.3 Å². The van der Waals surface area contributed by atoms with Crippen molar-refractivity contribution in [2.75, 3.05) is 0 Å². The third-order valence-corrected chi connectivity index (χ3v) is 5.47. The number of carbonyl (C=O) groups excluding carboxylic acids is 1. The first-order chi connectivity index (χ1) is 16.0. The van der Waals surface area contributed by atoms with E-state index in [9.17, 15) is 14.9 Å². The summed E-state index contributed by atoms with van der Waals surface area (Å²) in [5.41, 5.74) is 3.35. The molecule has 2 aromatic heterocycles. The summed E-state index contributed by atoms with van der Waals surface area (Å²) in [6.45, 7) is 2.18. The van der Waals surface area contributed by atoms with Crippen molar-refractivity contribution in [2.45, 2.75) is 13.5 Å². The Kier molecular flexibility index (Phi) is 5.06. The van der Waals surface area contributed by atoms with Crippen LogP contribution in [-0.4, -0.2) is 20.3 Å². The summed E-state index contributed by atoms with van der Waals surface area (Å²) in [6, 6.07) is 24.7. The number of furan rings is 1. The van der Waals surface area contributed by atoms with Gasteiger partial charge in [0.1, 0.15) is 5.76 Å². The number of rotatable bonds is 6. The van der Waals surface area contributed by atoms with E-state index >= 15 is 0 Å². The molecule has 0 amide bonds. The number of hydrogen-bond acceptors (Lipinski definition) is 5. The van der Waals surface area contributed by atoms with Gasteiger partial charge in [-0.15, -0.1) is 0 Å². The summed E-state index contributed by atoms with van der Waals surface area (Å²) >= 11 is 0.